The summed E-state index contributed by atoms with van der Waals surface area (Å²) < 4.78 is 13.1. The first-order valence-corrected chi connectivity index (χ1v) is 9.87. The van der Waals surface area contributed by atoms with Gasteiger partial charge in [-0.1, -0.05) is 18.2 Å². The summed E-state index contributed by atoms with van der Waals surface area (Å²) in [6.45, 7) is 7.63. The molecule has 0 saturated heterocycles. The third-order valence-electron chi connectivity index (χ3n) is 4.53. The Hall–Kier alpha value is -3.28. The van der Waals surface area contributed by atoms with Gasteiger partial charge in [-0.3, -0.25) is 9.48 Å². The average molecular weight is 393 g/mol. The van der Waals surface area contributed by atoms with Gasteiger partial charge in [0.05, 0.1) is 25.8 Å². The molecule has 152 valence electrons. The largest absolute Gasteiger partial charge is 0.490 e. The van der Waals surface area contributed by atoms with E-state index in [1.54, 1.807) is 6.20 Å². The molecular formula is C23H27N3O3. The highest BCUT2D eigenvalue weighted by atomic mass is 16.5. The van der Waals surface area contributed by atoms with E-state index in [4.69, 9.17) is 9.47 Å². The van der Waals surface area contributed by atoms with E-state index in [0.717, 1.165) is 11.1 Å². The van der Waals surface area contributed by atoms with E-state index in [9.17, 15) is 4.79 Å². The van der Waals surface area contributed by atoms with Crippen molar-refractivity contribution in [3.05, 3.63) is 77.6 Å². The number of benzene rings is 2. The number of hydrogen-bond acceptors (Lipinski definition) is 4. The van der Waals surface area contributed by atoms with Gasteiger partial charge >= 0.3 is 0 Å². The molecule has 2 aromatic carbocycles. The summed E-state index contributed by atoms with van der Waals surface area (Å²) >= 11 is 0. The molecule has 6 heteroatoms. The minimum Gasteiger partial charge on any atom is -0.490 e. The van der Waals surface area contributed by atoms with Crippen LogP contribution in [0.5, 0.6) is 11.5 Å². The second-order valence-corrected chi connectivity index (χ2v) is 6.67. The quantitative estimate of drug-likeness (QED) is 0.591. The number of amides is 1. The molecule has 0 saturated carbocycles. The van der Waals surface area contributed by atoms with Gasteiger partial charge in [0.1, 0.15) is 0 Å². The SMILES string of the molecule is CCOc1ccc(C(C)NC(=O)c2ccc(Cn3cccn3)cc2)cc1OCC. The molecule has 1 unspecified atom stereocenters. The lowest BCUT2D eigenvalue weighted by atomic mass is 10.1. The Bertz CT molecular complexity index is 921. The summed E-state index contributed by atoms with van der Waals surface area (Å²) in [4.78, 5) is 12.7. The van der Waals surface area contributed by atoms with Crippen molar-refractivity contribution in [1.82, 2.24) is 15.1 Å². The number of carbonyl (C=O) groups excluding carboxylic acids is 1. The van der Waals surface area contributed by atoms with Crippen LogP contribution in [0, 0.1) is 0 Å². The number of ether oxygens (including phenoxy) is 2. The molecule has 1 heterocycles. The van der Waals surface area contributed by atoms with Gasteiger partial charge in [0.15, 0.2) is 11.5 Å². The van der Waals surface area contributed by atoms with Gasteiger partial charge in [-0.25, -0.2) is 0 Å². The van der Waals surface area contributed by atoms with Crippen molar-refractivity contribution in [2.75, 3.05) is 13.2 Å². The van der Waals surface area contributed by atoms with Crippen molar-refractivity contribution < 1.29 is 14.3 Å². The molecule has 0 bridgehead atoms. The van der Waals surface area contributed by atoms with Crippen molar-refractivity contribution in [3.8, 4) is 11.5 Å². The molecule has 3 rings (SSSR count). The van der Waals surface area contributed by atoms with Gasteiger partial charge in [-0.2, -0.15) is 5.10 Å². The van der Waals surface area contributed by atoms with Gasteiger partial charge < -0.3 is 14.8 Å². The summed E-state index contributed by atoms with van der Waals surface area (Å²) in [7, 11) is 0. The molecule has 1 amide bonds. The van der Waals surface area contributed by atoms with Crippen LogP contribution in [-0.2, 0) is 6.54 Å². The molecule has 0 aliphatic heterocycles. The minimum absolute atomic E-state index is 0.116. The molecule has 3 aromatic rings. The van der Waals surface area contributed by atoms with Crippen molar-refractivity contribution in [2.45, 2.75) is 33.4 Å². The monoisotopic (exact) mass is 393 g/mol. The molecular weight excluding hydrogens is 366 g/mol. The first-order valence-electron chi connectivity index (χ1n) is 9.87. The van der Waals surface area contributed by atoms with Gasteiger partial charge in [0.25, 0.3) is 5.91 Å². The number of nitrogens with one attached hydrogen (secondary N) is 1. The smallest absolute Gasteiger partial charge is 0.251 e. The second kappa shape index (κ2) is 9.78. The maximum absolute atomic E-state index is 12.7. The highest BCUT2D eigenvalue weighted by Gasteiger charge is 2.14. The number of carbonyl (C=O) groups is 1. The number of aromatic nitrogens is 2. The molecule has 1 atom stereocenters. The van der Waals surface area contributed by atoms with Gasteiger partial charge in [-0.05, 0) is 62.2 Å². The van der Waals surface area contributed by atoms with Crippen LogP contribution in [0.1, 0.15) is 48.3 Å². The molecule has 6 nitrogen and oxygen atoms in total. The van der Waals surface area contributed by atoms with Crippen molar-refractivity contribution >= 4 is 5.91 Å². The lowest BCUT2D eigenvalue weighted by Gasteiger charge is -2.17. The second-order valence-electron chi connectivity index (χ2n) is 6.67. The van der Waals surface area contributed by atoms with E-state index in [0.29, 0.717) is 36.8 Å². The minimum atomic E-state index is -0.166. The molecule has 0 fully saturated rings. The highest BCUT2D eigenvalue weighted by Crippen LogP contribution is 2.30. The molecule has 0 aliphatic carbocycles. The predicted molar refractivity (Wildman–Crippen MR) is 112 cm³/mol. The third kappa shape index (κ3) is 5.38. The topological polar surface area (TPSA) is 65.4 Å². The molecule has 1 aromatic heterocycles. The van der Waals surface area contributed by atoms with Crippen LogP contribution in [0.25, 0.3) is 0 Å². The Morgan fingerprint density at radius 1 is 1.07 bits per heavy atom. The van der Waals surface area contributed by atoms with E-state index in [-0.39, 0.29) is 11.9 Å². The number of hydrogen-bond donors (Lipinski definition) is 1. The molecule has 0 spiro atoms. The maximum Gasteiger partial charge on any atom is 0.251 e. The zero-order chi connectivity index (χ0) is 20.6. The number of nitrogens with zero attached hydrogens (tertiary/aromatic N) is 2. The van der Waals surface area contributed by atoms with Crippen molar-refractivity contribution in [1.29, 1.82) is 0 Å². The van der Waals surface area contributed by atoms with E-state index in [2.05, 4.69) is 10.4 Å². The van der Waals surface area contributed by atoms with Gasteiger partial charge in [0, 0.05) is 18.0 Å². The first-order chi connectivity index (χ1) is 14.1. The molecule has 0 aliphatic rings. The molecule has 0 radical (unpaired) electrons. The normalized spacial score (nSPS) is 11.7. The Labute approximate surface area is 171 Å². The lowest BCUT2D eigenvalue weighted by molar-refractivity contribution is 0.0940. The van der Waals surface area contributed by atoms with Crippen LogP contribution in [0.3, 0.4) is 0 Å². The fraction of sp³-hybridized carbons (Fsp3) is 0.304. The van der Waals surface area contributed by atoms with E-state index in [1.165, 1.54) is 0 Å². The summed E-state index contributed by atoms with van der Waals surface area (Å²) in [5, 5.41) is 7.24. The van der Waals surface area contributed by atoms with Crippen molar-refractivity contribution in [3.63, 3.8) is 0 Å². The third-order valence-corrected chi connectivity index (χ3v) is 4.53. The van der Waals surface area contributed by atoms with Gasteiger partial charge in [0.2, 0.25) is 0 Å². The summed E-state index contributed by atoms with van der Waals surface area (Å²) in [6.07, 6.45) is 3.66. The maximum atomic E-state index is 12.7. The van der Waals surface area contributed by atoms with Crippen LogP contribution in [0.2, 0.25) is 0 Å². The standard InChI is InChI=1S/C23H27N3O3/c1-4-28-21-12-11-20(15-22(21)29-5-2)17(3)25-23(27)19-9-7-18(8-10-19)16-26-14-6-13-24-26/h6-15,17H,4-5,16H2,1-3H3,(H,25,27). The Balaban J connectivity index is 1.66. The molecule has 1 N–H and O–H groups in total. The molecule has 29 heavy (non-hydrogen) atoms. The first kappa shape index (κ1) is 20.5. The van der Waals surface area contributed by atoms with E-state index in [1.807, 2.05) is 80.2 Å². The summed E-state index contributed by atoms with van der Waals surface area (Å²) in [6, 6.07) is 15.1. The Kier molecular flexibility index (Phi) is 6.89. The summed E-state index contributed by atoms with van der Waals surface area (Å²) in [5.74, 6) is 1.29. The van der Waals surface area contributed by atoms with Crippen LogP contribution >= 0.6 is 0 Å². The van der Waals surface area contributed by atoms with E-state index >= 15 is 0 Å². The van der Waals surface area contributed by atoms with Crippen LogP contribution in [0.4, 0.5) is 0 Å². The zero-order valence-corrected chi connectivity index (χ0v) is 17.1. The predicted octanol–water partition coefficient (Wildman–Crippen LogP) is 4.22. The Morgan fingerprint density at radius 2 is 1.79 bits per heavy atom. The van der Waals surface area contributed by atoms with Crippen LogP contribution in [0.15, 0.2) is 60.9 Å². The van der Waals surface area contributed by atoms with Gasteiger partial charge in [-0.15, -0.1) is 0 Å². The zero-order valence-electron chi connectivity index (χ0n) is 17.1. The lowest BCUT2D eigenvalue weighted by Crippen LogP contribution is -2.26. The Morgan fingerprint density at radius 3 is 2.45 bits per heavy atom. The average Bonchev–Trinajstić information content (AvgIpc) is 3.23. The fourth-order valence-corrected chi connectivity index (χ4v) is 3.04. The van der Waals surface area contributed by atoms with Crippen LogP contribution in [-0.4, -0.2) is 28.9 Å². The number of rotatable bonds is 9. The highest BCUT2D eigenvalue weighted by molar-refractivity contribution is 5.94. The fourth-order valence-electron chi connectivity index (χ4n) is 3.04. The van der Waals surface area contributed by atoms with Crippen LogP contribution < -0.4 is 14.8 Å². The van der Waals surface area contributed by atoms with Crippen molar-refractivity contribution in [2.24, 2.45) is 0 Å². The summed E-state index contributed by atoms with van der Waals surface area (Å²) in [5.41, 5.74) is 2.67. The van der Waals surface area contributed by atoms with E-state index < -0.39 is 0 Å².